The molecule has 72 valence electrons. The lowest BCUT2D eigenvalue weighted by molar-refractivity contribution is -0.148. The zero-order valence-corrected chi connectivity index (χ0v) is 8.20. The molecule has 0 spiro atoms. The number of aliphatic hydroxyl groups is 1. The van der Waals surface area contributed by atoms with Crippen molar-refractivity contribution in [2.75, 3.05) is 7.11 Å². The summed E-state index contributed by atoms with van der Waals surface area (Å²) in [5.74, 6) is -0.368. The van der Waals surface area contributed by atoms with Crippen LogP contribution >= 0.6 is 0 Å². The number of esters is 1. The average molecular weight is 174 g/mol. The Hall–Kier alpha value is -0.570. The van der Waals surface area contributed by atoms with Crippen molar-refractivity contribution in [3.05, 3.63) is 0 Å². The molecule has 0 fully saturated rings. The number of carbonyl (C=O) groups is 1. The molecule has 3 heteroatoms. The fraction of sp³-hybridized carbons (Fsp3) is 0.889. The zero-order valence-electron chi connectivity index (χ0n) is 8.20. The van der Waals surface area contributed by atoms with E-state index in [4.69, 9.17) is 0 Å². The summed E-state index contributed by atoms with van der Waals surface area (Å²) in [4.78, 5) is 11.0. The number of hydrogen-bond acceptors (Lipinski definition) is 3. The molecule has 0 aliphatic carbocycles. The predicted octanol–water partition coefficient (Wildman–Crippen LogP) is 1.20. The summed E-state index contributed by atoms with van der Waals surface area (Å²) in [6, 6.07) is 0. The molecule has 0 rings (SSSR count). The number of carbonyl (C=O) groups excluding carboxylic acids is 1. The van der Waals surface area contributed by atoms with Crippen molar-refractivity contribution in [2.24, 2.45) is 11.8 Å². The minimum Gasteiger partial charge on any atom is -0.469 e. The lowest BCUT2D eigenvalue weighted by atomic mass is 9.96. The van der Waals surface area contributed by atoms with Gasteiger partial charge >= 0.3 is 5.97 Å². The highest BCUT2D eigenvalue weighted by atomic mass is 16.5. The van der Waals surface area contributed by atoms with Crippen LogP contribution in [0.3, 0.4) is 0 Å². The molecule has 0 bridgehead atoms. The van der Waals surface area contributed by atoms with Crippen molar-refractivity contribution < 1.29 is 14.6 Å². The van der Waals surface area contributed by atoms with Crippen LogP contribution in [0.4, 0.5) is 0 Å². The molecule has 3 nitrogen and oxygen atoms in total. The molecular formula is C9H18O3. The van der Waals surface area contributed by atoms with Gasteiger partial charge in [-0.2, -0.15) is 0 Å². The van der Waals surface area contributed by atoms with Gasteiger partial charge in [0, 0.05) is 0 Å². The SMILES string of the molecule is COC(=O)[C@@H](C)[C@H](O)CC(C)C. The molecule has 2 atom stereocenters. The molecule has 12 heavy (non-hydrogen) atoms. The van der Waals surface area contributed by atoms with Crippen molar-refractivity contribution in [3.63, 3.8) is 0 Å². The first-order chi connectivity index (χ1) is 5.49. The van der Waals surface area contributed by atoms with Gasteiger partial charge in [-0.25, -0.2) is 0 Å². The molecule has 0 amide bonds. The van der Waals surface area contributed by atoms with Crippen LogP contribution in [-0.4, -0.2) is 24.3 Å². The van der Waals surface area contributed by atoms with Gasteiger partial charge in [-0.1, -0.05) is 13.8 Å². The van der Waals surface area contributed by atoms with E-state index in [1.807, 2.05) is 13.8 Å². The Balaban J connectivity index is 3.91. The van der Waals surface area contributed by atoms with Crippen molar-refractivity contribution in [3.8, 4) is 0 Å². The van der Waals surface area contributed by atoms with Gasteiger partial charge in [0.15, 0.2) is 0 Å². The number of hydrogen-bond donors (Lipinski definition) is 1. The van der Waals surface area contributed by atoms with E-state index in [2.05, 4.69) is 4.74 Å². The summed E-state index contributed by atoms with van der Waals surface area (Å²) in [5, 5.41) is 9.49. The van der Waals surface area contributed by atoms with Crippen molar-refractivity contribution >= 4 is 5.97 Å². The molecule has 0 heterocycles. The van der Waals surface area contributed by atoms with Gasteiger partial charge in [0.2, 0.25) is 0 Å². The quantitative estimate of drug-likeness (QED) is 0.651. The molecule has 0 aliphatic heterocycles. The van der Waals surface area contributed by atoms with Gasteiger partial charge in [0.05, 0.1) is 19.1 Å². The van der Waals surface area contributed by atoms with Gasteiger partial charge < -0.3 is 9.84 Å². The Labute approximate surface area is 73.7 Å². The van der Waals surface area contributed by atoms with E-state index >= 15 is 0 Å². The number of rotatable bonds is 4. The monoisotopic (exact) mass is 174 g/mol. The Morgan fingerprint density at radius 1 is 1.42 bits per heavy atom. The molecule has 0 saturated carbocycles. The lowest BCUT2D eigenvalue weighted by Gasteiger charge is -2.17. The molecule has 0 radical (unpaired) electrons. The van der Waals surface area contributed by atoms with Crippen LogP contribution in [-0.2, 0) is 9.53 Å². The maximum Gasteiger partial charge on any atom is 0.311 e. The van der Waals surface area contributed by atoms with Gasteiger partial charge in [-0.05, 0) is 19.3 Å². The van der Waals surface area contributed by atoms with E-state index in [-0.39, 0.29) is 5.97 Å². The minimum absolute atomic E-state index is 0.344. The number of aliphatic hydroxyl groups excluding tert-OH is 1. The normalized spacial score (nSPS) is 15.8. The zero-order chi connectivity index (χ0) is 9.72. The third kappa shape index (κ3) is 3.72. The molecule has 1 N–H and O–H groups in total. The first kappa shape index (κ1) is 11.4. The number of ether oxygens (including phenoxy) is 1. The van der Waals surface area contributed by atoms with Crippen molar-refractivity contribution in [1.29, 1.82) is 0 Å². The molecule has 0 aliphatic rings. The fourth-order valence-corrected chi connectivity index (χ4v) is 1.03. The summed E-state index contributed by atoms with van der Waals surface area (Å²) in [5.41, 5.74) is 0. The van der Waals surface area contributed by atoms with Gasteiger partial charge in [0.1, 0.15) is 0 Å². The standard InChI is InChI=1S/C9H18O3/c1-6(2)5-8(10)7(3)9(11)12-4/h6-8,10H,5H2,1-4H3/t7-,8+/m0/s1. The molecule has 0 unspecified atom stereocenters. The molecule has 0 saturated heterocycles. The summed E-state index contributed by atoms with van der Waals surface area (Å²) in [6.45, 7) is 5.69. The lowest BCUT2D eigenvalue weighted by Crippen LogP contribution is -2.27. The van der Waals surface area contributed by atoms with Crippen LogP contribution in [0.1, 0.15) is 27.2 Å². The second-order valence-corrected chi connectivity index (χ2v) is 3.51. The van der Waals surface area contributed by atoms with E-state index in [1.54, 1.807) is 6.92 Å². The highest BCUT2D eigenvalue weighted by molar-refractivity contribution is 5.72. The first-order valence-electron chi connectivity index (χ1n) is 4.25. The Morgan fingerprint density at radius 2 is 1.92 bits per heavy atom. The molecular weight excluding hydrogens is 156 g/mol. The summed E-state index contributed by atoms with van der Waals surface area (Å²) in [7, 11) is 1.33. The van der Waals surface area contributed by atoms with Crippen LogP contribution in [0.25, 0.3) is 0 Å². The topological polar surface area (TPSA) is 46.5 Å². The smallest absolute Gasteiger partial charge is 0.311 e. The van der Waals surface area contributed by atoms with E-state index < -0.39 is 12.0 Å². The molecule has 0 aromatic carbocycles. The summed E-state index contributed by atoms with van der Waals surface area (Å²) in [6.07, 6.45) is 0.0495. The molecule has 0 aromatic heterocycles. The van der Waals surface area contributed by atoms with Crippen molar-refractivity contribution in [1.82, 2.24) is 0 Å². The Morgan fingerprint density at radius 3 is 2.25 bits per heavy atom. The van der Waals surface area contributed by atoms with E-state index in [9.17, 15) is 9.90 Å². The van der Waals surface area contributed by atoms with Crippen molar-refractivity contribution in [2.45, 2.75) is 33.3 Å². The Bertz CT molecular complexity index is 143. The third-order valence-electron chi connectivity index (χ3n) is 1.86. The highest BCUT2D eigenvalue weighted by Gasteiger charge is 2.22. The maximum atomic E-state index is 11.0. The predicted molar refractivity (Wildman–Crippen MR) is 46.6 cm³/mol. The minimum atomic E-state index is -0.586. The number of methoxy groups -OCH3 is 1. The van der Waals surface area contributed by atoms with Crippen LogP contribution in [0.15, 0.2) is 0 Å². The van der Waals surface area contributed by atoms with Gasteiger partial charge in [0.25, 0.3) is 0 Å². The summed E-state index contributed by atoms with van der Waals surface area (Å²) < 4.78 is 4.52. The van der Waals surface area contributed by atoms with E-state index in [1.165, 1.54) is 7.11 Å². The van der Waals surface area contributed by atoms with Crippen LogP contribution in [0.5, 0.6) is 0 Å². The van der Waals surface area contributed by atoms with Crippen LogP contribution < -0.4 is 0 Å². The highest BCUT2D eigenvalue weighted by Crippen LogP contribution is 2.13. The van der Waals surface area contributed by atoms with Gasteiger partial charge in [-0.3, -0.25) is 4.79 Å². The van der Waals surface area contributed by atoms with Gasteiger partial charge in [-0.15, -0.1) is 0 Å². The second kappa shape index (κ2) is 5.14. The second-order valence-electron chi connectivity index (χ2n) is 3.51. The van der Waals surface area contributed by atoms with Crippen LogP contribution in [0.2, 0.25) is 0 Å². The third-order valence-corrected chi connectivity index (χ3v) is 1.86. The Kier molecular flexibility index (Phi) is 4.90. The van der Waals surface area contributed by atoms with Crippen LogP contribution in [0, 0.1) is 11.8 Å². The van der Waals surface area contributed by atoms with E-state index in [0.29, 0.717) is 12.3 Å². The largest absolute Gasteiger partial charge is 0.469 e. The molecule has 0 aromatic rings. The maximum absolute atomic E-state index is 11.0. The summed E-state index contributed by atoms with van der Waals surface area (Å²) >= 11 is 0. The fourth-order valence-electron chi connectivity index (χ4n) is 1.03. The average Bonchev–Trinajstić information content (AvgIpc) is 2.00. The van der Waals surface area contributed by atoms with E-state index in [0.717, 1.165) is 0 Å². The first-order valence-corrected chi connectivity index (χ1v) is 4.25.